The highest BCUT2D eigenvalue weighted by Crippen LogP contribution is 2.42. The third-order valence-electron chi connectivity index (χ3n) is 9.90. The predicted octanol–water partition coefficient (Wildman–Crippen LogP) is 9.18. The van der Waals surface area contributed by atoms with Gasteiger partial charge in [-0.05, 0) is 63.2 Å². The predicted molar refractivity (Wildman–Crippen MR) is 157 cm³/mol. The average Bonchev–Trinajstić information content (AvgIpc) is 3.85. The molecule has 0 spiro atoms. The first-order valence-electron chi connectivity index (χ1n) is 17.3. The first kappa shape index (κ1) is 30.8. The van der Waals surface area contributed by atoms with E-state index in [0.29, 0.717) is 24.4 Å². The van der Waals surface area contributed by atoms with Crippen LogP contribution in [0.15, 0.2) is 0 Å². The molecule has 4 nitrogen and oxygen atoms in total. The highest BCUT2D eigenvalue weighted by molar-refractivity contribution is 4.92. The summed E-state index contributed by atoms with van der Waals surface area (Å²) in [6.45, 7) is 3.35. The maximum Gasteiger partial charge on any atom is 0.0844 e. The first-order valence-corrected chi connectivity index (χ1v) is 17.3. The molecule has 4 aliphatic rings. The molecule has 4 heteroatoms. The molecule has 38 heavy (non-hydrogen) atoms. The van der Waals surface area contributed by atoms with Crippen LogP contribution in [0.1, 0.15) is 154 Å². The molecule has 0 N–H and O–H groups in total. The molecule has 222 valence electrons. The number of epoxide rings is 2. The lowest BCUT2D eigenvalue weighted by Gasteiger charge is -2.18. The van der Waals surface area contributed by atoms with Crippen molar-refractivity contribution >= 4 is 0 Å². The van der Waals surface area contributed by atoms with Gasteiger partial charge in [-0.15, -0.1) is 0 Å². The average molecular weight is 535 g/mol. The summed E-state index contributed by atoms with van der Waals surface area (Å²) in [6.07, 6.45) is 35.9. The minimum atomic E-state index is 0.660. The monoisotopic (exact) mass is 534 g/mol. The minimum Gasteiger partial charge on any atom is -0.379 e. The van der Waals surface area contributed by atoms with E-state index in [1.807, 2.05) is 0 Å². The smallest absolute Gasteiger partial charge is 0.0844 e. The highest BCUT2D eigenvalue weighted by atomic mass is 16.6. The SMILES string of the molecule is C(CCCCCC1CCC2OC2C1)CCCCOCCOCCCCCCCCCCC1CCC2OC2C1. The van der Waals surface area contributed by atoms with Gasteiger partial charge in [-0.1, -0.05) is 103 Å². The first-order chi connectivity index (χ1) is 18.9. The van der Waals surface area contributed by atoms with Gasteiger partial charge in [-0.3, -0.25) is 0 Å². The summed E-state index contributed by atoms with van der Waals surface area (Å²) >= 11 is 0. The van der Waals surface area contributed by atoms with Crippen LogP contribution < -0.4 is 0 Å². The van der Waals surface area contributed by atoms with E-state index in [-0.39, 0.29) is 0 Å². The quantitative estimate of drug-likeness (QED) is 0.0865. The van der Waals surface area contributed by atoms with Gasteiger partial charge in [0.1, 0.15) is 0 Å². The van der Waals surface area contributed by atoms with E-state index in [0.717, 1.165) is 38.3 Å². The molecule has 4 fully saturated rings. The van der Waals surface area contributed by atoms with E-state index in [1.165, 1.54) is 154 Å². The maximum atomic E-state index is 5.76. The fourth-order valence-electron chi connectivity index (χ4n) is 7.22. The van der Waals surface area contributed by atoms with Gasteiger partial charge >= 0.3 is 0 Å². The summed E-state index contributed by atoms with van der Waals surface area (Å²) < 4.78 is 22.8. The van der Waals surface area contributed by atoms with Crippen LogP contribution in [0.3, 0.4) is 0 Å². The molecule has 0 aromatic rings. The molecule has 2 saturated carbocycles. The molecule has 0 radical (unpaired) electrons. The lowest BCUT2D eigenvalue weighted by Crippen LogP contribution is -2.13. The third-order valence-corrected chi connectivity index (χ3v) is 9.90. The Labute approximate surface area is 235 Å². The van der Waals surface area contributed by atoms with E-state index in [1.54, 1.807) is 0 Å². The van der Waals surface area contributed by atoms with Crippen LogP contribution in [-0.2, 0) is 18.9 Å². The van der Waals surface area contributed by atoms with Crippen LogP contribution in [0.25, 0.3) is 0 Å². The molecule has 0 aromatic heterocycles. The van der Waals surface area contributed by atoms with Crippen LogP contribution in [-0.4, -0.2) is 50.8 Å². The van der Waals surface area contributed by atoms with E-state index < -0.39 is 0 Å². The molecule has 0 aromatic carbocycles. The van der Waals surface area contributed by atoms with Crippen LogP contribution in [0, 0.1) is 11.8 Å². The van der Waals surface area contributed by atoms with Crippen molar-refractivity contribution in [3.63, 3.8) is 0 Å². The summed E-state index contributed by atoms with van der Waals surface area (Å²) in [4.78, 5) is 0. The summed E-state index contributed by atoms with van der Waals surface area (Å²) in [5.41, 5.74) is 0. The van der Waals surface area contributed by atoms with Crippen molar-refractivity contribution in [1.82, 2.24) is 0 Å². The number of fused-ring (bicyclic) bond motifs is 2. The van der Waals surface area contributed by atoms with Gasteiger partial charge < -0.3 is 18.9 Å². The second kappa shape index (κ2) is 19.1. The summed E-state index contributed by atoms with van der Waals surface area (Å²) in [5.74, 6) is 1.94. The molecule has 2 saturated heterocycles. The Hall–Kier alpha value is -0.160. The molecule has 2 aliphatic carbocycles. The second-order valence-corrected chi connectivity index (χ2v) is 13.2. The Morgan fingerprint density at radius 1 is 0.368 bits per heavy atom. The zero-order valence-corrected chi connectivity index (χ0v) is 24.9. The number of rotatable bonds is 25. The van der Waals surface area contributed by atoms with Crippen molar-refractivity contribution < 1.29 is 18.9 Å². The van der Waals surface area contributed by atoms with Crippen molar-refractivity contribution in [2.75, 3.05) is 26.4 Å². The van der Waals surface area contributed by atoms with Crippen molar-refractivity contribution in [1.29, 1.82) is 0 Å². The van der Waals surface area contributed by atoms with Gasteiger partial charge in [0.2, 0.25) is 0 Å². The number of unbranched alkanes of at least 4 members (excludes halogenated alkanes) is 14. The fraction of sp³-hybridized carbons (Fsp3) is 1.00. The van der Waals surface area contributed by atoms with Gasteiger partial charge in [0.25, 0.3) is 0 Å². The largest absolute Gasteiger partial charge is 0.379 e. The molecular formula is C34H62O4. The number of ether oxygens (including phenoxy) is 4. The van der Waals surface area contributed by atoms with Crippen LogP contribution >= 0.6 is 0 Å². The molecule has 0 bridgehead atoms. The van der Waals surface area contributed by atoms with Crippen LogP contribution in [0.2, 0.25) is 0 Å². The molecule has 4 rings (SSSR count). The lowest BCUT2D eigenvalue weighted by molar-refractivity contribution is 0.0448. The minimum absolute atomic E-state index is 0.660. The van der Waals surface area contributed by atoms with Crippen molar-refractivity contribution in [2.24, 2.45) is 11.8 Å². The molecule has 2 aliphatic heterocycles. The Morgan fingerprint density at radius 3 is 1.13 bits per heavy atom. The summed E-state index contributed by atoms with van der Waals surface area (Å²) in [5, 5.41) is 0. The summed E-state index contributed by atoms with van der Waals surface area (Å²) in [6, 6.07) is 0. The molecule has 0 amide bonds. The Morgan fingerprint density at radius 2 is 0.737 bits per heavy atom. The molecule has 6 atom stereocenters. The lowest BCUT2D eigenvalue weighted by atomic mass is 9.85. The van der Waals surface area contributed by atoms with Crippen molar-refractivity contribution in [3.05, 3.63) is 0 Å². The number of hydrogen-bond acceptors (Lipinski definition) is 4. The normalized spacial score (nSPS) is 29.7. The Kier molecular flexibility index (Phi) is 15.4. The molecule has 2 heterocycles. The van der Waals surface area contributed by atoms with Gasteiger partial charge in [0, 0.05) is 13.2 Å². The number of hydrogen-bond donors (Lipinski definition) is 0. The van der Waals surface area contributed by atoms with Crippen LogP contribution in [0.4, 0.5) is 0 Å². The molecular weight excluding hydrogens is 472 g/mol. The fourth-order valence-corrected chi connectivity index (χ4v) is 7.22. The molecule has 6 unspecified atom stereocenters. The van der Waals surface area contributed by atoms with Gasteiger partial charge in [-0.25, -0.2) is 0 Å². The van der Waals surface area contributed by atoms with Gasteiger partial charge in [-0.2, -0.15) is 0 Å². The van der Waals surface area contributed by atoms with E-state index in [9.17, 15) is 0 Å². The van der Waals surface area contributed by atoms with Gasteiger partial charge in [0.15, 0.2) is 0 Å². The van der Waals surface area contributed by atoms with E-state index in [4.69, 9.17) is 18.9 Å². The van der Waals surface area contributed by atoms with E-state index in [2.05, 4.69) is 0 Å². The zero-order chi connectivity index (χ0) is 26.1. The Balaban J connectivity index is 0.763. The van der Waals surface area contributed by atoms with Crippen molar-refractivity contribution in [3.8, 4) is 0 Å². The summed E-state index contributed by atoms with van der Waals surface area (Å²) in [7, 11) is 0. The third kappa shape index (κ3) is 13.5. The van der Waals surface area contributed by atoms with Crippen LogP contribution in [0.5, 0.6) is 0 Å². The van der Waals surface area contributed by atoms with Gasteiger partial charge in [0.05, 0.1) is 37.6 Å². The van der Waals surface area contributed by atoms with E-state index >= 15 is 0 Å². The Bertz CT molecular complexity index is 533. The maximum absolute atomic E-state index is 5.76. The standard InChI is InChI=1S/C34H62O4/c1(5-9-13-17-29-19-21-31-33(27-29)37-31)3-7-11-15-23-35-25-26-36-24-16-12-8-4-2-6-10-14-18-30-20-22-32-34(28-30)38-32/h29-34H,1-28H2. The van der Waals surface area contributed by atoms with Crippen molar-refractivity contribution in [2.45, 2.75) is 179 Å². The topological polar surface area (TPSA) is 43.5 Å². The second-order valence-electron chi connectivity index (χ2n) is 13.2. The highest BCUT2D eigenvalue weighted by Gasteiger charge is 2.44. The zero-order valence-electron chi connectivity index (χ0n) is 24.9.